The van der Waals surface area contributed by atoms with Crippen LogP contribution in [0.3, 0.4) is 0 Å². The second-order valence-corrected chi connectivity index (χ2v) is 6.53. The summed E-state index contributed by atoms with van der Waals surface area (Å²) in [6, 6.07) is 11.5. The van der Waals surface area contributed by atoms with Crippen molar-refractivity contribution in [2.45, 2.75) is 5.37 Å². The summed E-state index contributed by atoms with van der Waals surface area (Å²) in [5.41, 5.74) is 1.36. The van der Waals surface area contributed by atoms with Crippen LogP contribution >= 0.6 is 11.8 Å². The van der Waals surface area contributed by atoms with Gasteiger partial charge in [0.05, 0.1) is 0 Å². The molecule has 0 N–H and O–H groups in total. The van der Waals surface area contributed by atoms with Crippen molar-refractivity contribution in [2.24, 2.45) is 0 Å². The Morgan fingerprint density at radius 2 is 2.04 bits per heavy atom. The lowest BCUT2D eigenvalue weighted by Gasteiger charge is -2.24. The van der Waals surface area contributed by atoms with Gasteiger partial charge in [-0.05, 0) is 35.9 Å². The molecule has 23 heavy (non-hydrogen) atoms. The van der Waals surface area contributed by atoms with E-state index in [1.54, 1.807) is 28.8 Å². The molecule has 1 unspecified atom stereocenters. The SMILES string of the molecule is O=C(c1cccc(F)c1)N1CCSC1c1ccc2c(c1)OCO2. The Kier molecular flexibility index (Phi) is 3.61. The average molecular weight is 331 g/mol. The summed E-state index contributed by atoms with van der Waals surface area (Å²) in [5, 5.41) is -0.0970. The summed E-state index contributed by atoms with van der Waals surface area (Å²) >= 11 is 1.69. The molecule has 1 fully saturated rings. The van der Waals surface area contributed by atoms with E-state index in [0.717, 1.165) is 17.1 Å². The molecule has 0 radical (unpaired) electrons. The van der Waals surface area contributed by atoms with E-state index < -0.39 is 5.82 Å². The highest BCUT2D eigenvalue weighted by Crippen LogP contribution is 2.42. The molecule has 4 nitrogen and oxygen atoms in total. The van der Waals surface area contributed by atoms with Gasteiger partial charge >= 0.3 is 0 Å². The van der Waals surface area contributed by atoms with Crippen LogP contribution in [0.1, 0.15) is 21.3 Å². The second kappa shape index (κ2) is 5.77. The summed E-state index contributed by atoms with van der Waals surface area (Å²) < 4.78 is 24.1. The lowest BCUT2D eigenvalue weighted by Crippen LogP contribution is -2.30. The van der Waals surface area contributed by atoms with E-state index in [2.05, 4.69) is 0 Å². The van der Waals surface area contributed by atoms with E-state index in [0.29, 0.717) is 17.9 Å². The third-order valence-electron chi connectivity index (χ3n) is 3.91. The minimum Gasteiger partial charge on any atom is -0.454 e. The third-order valence-corrected chi connectivity index (χ3v) is 5.17. The molecule has 0 saturated carbocycles. The van der Waals surface area contributed by atoms with E-state index in [1.807, 2.05) is 18.2 Å². The maximum atomic E-state index is 13.4. The van der Waals surface area contributed by atoms with E-state index in [4.69, 9.17) is 9.47 Å². The first-order valence-corrected chi connectivity index (χ1v) is 8.35. The molecule has 1 atom stereocenters. The number of carbonyl (C=O) groups is 1. The van der Waals surface area contributed by atoms with Crippen LogP contribution in [0.15, 0.2) is 42.5 Å². The predicted octanol–water partition coefficient (Wildman–Crippen LogP) is 3.44. The molecule has 2 aromatic carbocycles. The van der Waals surface area contributed by atoms with Crippen LogP contribution in [0.4, 0.5) is 4.39 Å². The molecule has 2 aliphatic rings. The first-order chi connectivity index (χ1) is 11.2. The first-order valence-electron chi connectivity index (χ1n) is 7.30. The highest BCUT2D eigenvalue weighted by Gasteiger charge is 2.32. The molecule has 0 aliphatic carbocycles. The van der Waals surface area contributed by atoms with Crippen molar-refractivity contribution in [3.8, 4) is 11.5 Å². The van der Waals surface area contributed by atoms with Gasteiger partial charge in [-0.3, -0.25) is 4.79 Å². The van der Waals surface area contributed by atoms with Crippen molar-refractivity contribution in [1.29, 1.82) is 0 Å². The summed E-state index contributed by atoms with van der Waals surface area (Å²) in [5.74, 6) is 1.72. The smallest absolute Gasteiger partial charge is 0.255 e. The fourth-order valence-corrected chi connectivity index (χ4v) is 4.05. The number of carbonyl (C=O) groups excluding carboxylic acids is 1. The topological polar surface area (TPSA) is 38.8 Å². The molecule has 0 bridgehead atoms. The summed E-state index contributed by atoms with van der Waals surface area (Å²) in [6.45, 7) is 0.863. The molecule has 0 spiro atoms. The predicted molar refractivity (Wildman–Crippen MR) is 85.2 cm³/mol. The zero-order valence-electron chi connectivity index (χ0n) is 12.2. The van der Waals surface area contributed by atoms with Gasteiger partial charge in [0.15, 0.2) is 11.5 Å². The Labute approximate surface area is 137 Å². The Hall–Kier alpha value is -2.21. The second-order valence-electron chi connectivity index (χ2n) is 5.34. The van der Waals surface area contributed by atoms with Crippen molar-refractivity contribution in [3.63, 3.8) is 0 Å². The number of thioether (sulfide) groups is 1. The Morgan fingerprint density at radius 3 is 2.91 bits per heavy atom. The van der Waals surface area contributed by atoms with E-state index in [1.165, 1.54) is 12.1 Å². The lowest BCUT2D eigenvalue weighted by molar-refractivity contribution is 0.0759. The lowest BCUT2D eigenvalue weighted by atomic mass is 10.1. The quantitative estimate of drug-likeness (QED) is 0.845. The number of amides is 1. The average Bonchev–Trinajstić information content (AvgIpc) is 3.22. The molecule has 118 valence electrons. The van der Waals surface area contributed by atoms with Gasteiger partial charge < -0.3 is 14.4 Å². The normalized spacial score (nSPS) is 19.2. The van der Waals surface area contributed by atoms with Crippen LogP contribution < -0.4 is 9.47 Å². The molecule has 2 aliphatic heterocycles. The monoisotopic (exact) mass is 331 g/mol. The van der Waals surface area contributed by atoms with Crippen molar-refractivity contribution in [3.05, 3.63) is 59.4 Å². The molecular formula is C17H14FNO3S. The Bertz CT molecular complexity index is 767. The number of fused-ring (bicyclic) bond motifs is 1. The van der Waals surface area contributed by atoms with Gasteiger partial charge in [-0.2, -0.15) is 0 Å². The van der Waals surface area contributed by atoms with Gasteiger partial charge in [0.25, 0.3) is 5.91 Å². The molecule has 1 amide bonds. The van der Waals surface area contributed by atoms with Crippen LogP contribution in [0, 0.1) is 5.82 Å². The molecule has 1 saturated heterocycles. The van der Waals surface area contributed by atoms with E-state index >= 15 is 0 Å². The number of hydrogen-bond donors (Lipinski definition) is 0. The summed E-state index contributed by atoms with van der Waals surface area (Å²) in [7, 11) is 0. The fraction of sp³-hybridized carbons (Fsp3) is 0.235. The summed E-state index contributed by atoms with van der Waals surface area (Å²) in [6.07, 6.45) is 0. The zero-order chi connectivity index (χ0) is 15.8. The minimum atomic E-state index is -0.401. The molecule has 2 heterocycles. The van der Waals surface area contributed by atoms with Crippen LogP contribution in [-0.4, -0.2) is 29.9 Å². The van der Waals surface area contributed by atoms with Gasteiger partial charge in [-0.15, -0.1) is 11.8 Å². The minimum absolute atomic E-state index is 0.0970. The van der Waals surface area contributed by atoms with Crippen LogP contribution in [-0.2, 0) is 0 Å². The third kappa shape index (κ3) is 2.63. The fourth-order valence-electron chi connectivity index (χ4n) is 2.81. The largest absolute Gasteiger partial charge is 0.454 e. The number of ether oxygens (including phenoxy) is 2. The molecular weight excluding hydrogens is 317 g/mol. The van der Waals surface area contributed by atoms with Crippen molar-refractivity contribution in [1.82, 2.24) is 4.90 Å². The van der Waals surface area contributed by atoms with Gasteiger partial charge in [-0.1, -0.05) is 12.1 Å². The number of hydrogen-bond acceptors (Lipinski definition) is 4. The van der Waals surface area contributed by atoms with Crippen molar-refractivity contribution in [2.75, 3.05) is 19.1 Å². The maximum Gasteiger partial charge on any atom is 0.255 e. The van der Waals surface area contributed by atoms with E-state index in [9.17, 15) is 9.18 Å². The Balaban J connectivity index is 1.63. The van der Waals surface area contributed by atoms with Crippen molar-refractivity contribution < 1.29 is 18.7 Å². The highest BCUT2D eigenvalue weighted by atomic mass is 32.2. The molecule has 0 aromatic heterocycles. The van der Waals surface area contributed by atoms with Crippen LogP contribution in [0.25, 0.3) is 0 Å². The molecule has 4 rings (SSSR count). The first kappa shape index (κ1) is 14.4. The number of benzene rings is 2. The van der Waals surface area contributed by atoms with Crippen LogP contribution in [0.2, 0.25) is 0 Å². The van der Waals surface area contributed by atoms with Gasteiger partial charge in [0.2, 0.25) is 6.79 Å². The molecule has 2 aromatic rings. The van der Waals surface area contributed by atoms with Gasteiger partial charge in [-0.25, -0.2) is 4.39 Å². The number of rotatable bonds is 2. The number of halogens is 1. The highest BCUT2D eigenvalue weighted by molar-refractivity contribution is 7.99. The summed E-state index contributed by atoms with van der Waals surface area (Å²) in [4.78, 5) is 14.5. The van der Waals surface area contributed by atoms with Gasteiger partial charge in [0.1, 0.15) is 11.2 Å². The maximum absolute atomic E-state index is 13.4. The van der Waals surface area contributed by atoms with Crippen molar-refractivity contribution >= 4 is 17.7 Å². The standard InChI is InChI=1S/C17H14FNO3S/c18-13-3-1-2-11(8-13)16(20)19-6-7-23-17(19)12-4-5-14-15(9-12)22-10-21-14/h1-5,8-9,17H,6-7,10H2. The Morgan fingerprint density at radius 1 is 1.17 bits per heavy atom. The van der Waals surface area contributed by atoms with Crippen LogP contribution in [0.5, 0.6) is 11.5 Å². The zero-order valence-corrected chi connectivity index (χ0v) is 13.0. The van der Waals surface area contributed by atoms with E-state index in [-0.39, 0.29) is 18.1 Å². The molecule has 6 heteroatoms. The van der Waals surface area contributed by atoms with Gasteiger partial charge in [0, 0.05) is 17.9 Å². The number of nitrogens with zero attached hydrogens (tertiary/aromatic N) is 1.